The van der Waals surface area contributed by atoms with E-state index in [1.165, 1.54) is 0 Å². The highest BCUT2D eigenvalue weighted by Gasteiger charge is 2.05. The molecule has 0 fully saturated rings. The van der Waals surface area contributed by atoms with Gasteiger partial charge in [-0.25, -0.2) is 4.98 Å². The fourth-order valence-electron chi connectivity index (χ4n) is 2.28. The van der Waals surface area contributed by atoms with E-state index in [-0.39, 0.29) is 5.91 Å². The maximum atomic E-state index is 12.1. The van der Waals surface area contributed by atoms with Crippen molar-refractivity contribution in [2.24, 2.45) is 0 Å². The number of rotatable bonds is 6. The summed E-state index contributed by atoms with van der Waals surface area (Å²) in [5.74, 6) is 1.21. The second-order valence-electron chi connectivity index (χ2n) is 5.50. The van der Waals surface area contributed by atoms with Crippen molar-refractivity contribution in [3.8, 4) is 11.6 Å². The van der Waals surface area contributed by atoms with Crippen LogP contribution in [0.2, 0.25) is 0 Å². The Balaban J connectivity index is 1.55. The number of halogens is 1. The third-order valence-corrected chi connectivity index (χ3v) is 4.06. The van der Waals surface area contributed by atoms with E-state index in [4.69, 9.17) is 4.74 Å². The second-order valence-corrected chi connectivity index (χ2v) is 6.41. The molecule has 0 aliphatic carbocycles. The summed E-state index contributed by atoms with van der Waals surface area (Å²) in [7, 11) is 0. The molecule has 3 rings (SSSR count). The van der Waals surface area contributed by atoms with Crippen molar-refractivity contribution in [3.63, 3.8) is 0 Å². The summed E-state index contributed by atoms with van der Waals surface area (Å²) in [6, 6.07) is 20.9. The van der Waals surface area contributed by atoms with Crippen LogP contribution in [-0.2, 0) is 17.8 Å². The normalized spacial score (nSPS) is 10.3. The molecule has 0 atom stereocenters. The Labute approximate surface area is 155 Å². The average Bonchev–Trinajstić information content (AvgIpc) is 2.63. The number of carbonyl (C=O) groups is 1. The highest BCUT2D eigenvalue weighted by molar-refractivity contribution is 9.10. The van der Waals surface area contributed by atoms with Gasteiger partial charge in [-0.2, -0.15) is 0 Å². The molecule has 0 saturated carbocycles. The first-order valence-electron chi connectivity index (χ1n) is 7.88. The summed E-state index contributed by atoms with van der Waals surface area (Å²) in [5, 5.41) is 2.92. The zero-order chi connectivity index (χ0) is 17.5. The van der Waals surface area contributed by atoms with Gasteiger partial charge in [-0.15, -0.1) is 0 Å². The molecule has 2 aromatic carbocycles. The molecule has 0 bridgehead atoms. The van der Waals surface area contributed by atoms with Gasteiger partial charge in [0.25, 0.3) is 0 Å². The Morgan fingerprint density at radius 1 is 1.00 bits per heavy atom. The minimum absolute atomic E-state index is 0.0235. The fraction of sp³-hybridized carbons (Fsp3) is 0.100. The molecule has 0 unspecified atom stereocenters. The summed E-state index contributed by atoms with van der Waals surface area (Å²) in [5.41, 5.74) is 1.91. The first-order chi connectivity index (χ1) is 12.2. The van der Waals surface area contributed by atoms with Gasteiger partial charge in [-0.1, -0.05) is 46.3 Å². The molecule has 5 heteroatoms. The Hall–Kier alpha value is -2.66. The van der Waals surface area contributed by atoms with E-state index in [0.29, 0.717) is 18.8 Å². The third kappa shape index (κ3) is 5.43. The molecule has 4 nitrogen and oxygen atoms in total. The number of ether oxygens (including phenoxy) is 1. The molecule has 25 heavy (non-hydrogen) atoms. The van der Waals surface area contributed by atoms with Crippen LogP contribution >= 0.6 is 15.9 Å². The van der Waals surface area contributed by atoms with Crippen LogP contribution in [0.3, 0.4) is 0 Å². The average molecular weight is 397 g/mol. The molecule has 0 radical (unpaired) electrons. The number of hydrogen-bond donors (Lipinski definition) is 1. The molecule has 0 aliphatic heterocycles. The topological polar surface area (TPSA) is 51.2 Å². The second kappa shape index (κ2) is 8.44. The molecule has 1 aromatic heterocycles. The molecular formula is C20H17BrN2O2. The summed E-state index contributed by atoms with van der Waals surface area (Å²) >= 11 is 3.39. The van der Waals surface area contributed by atoms with Gasteiger partial charge in [0.2, 0.25) is 11.8 Å². The van der Waals surface area contributed by atoms with Crippen molar-refractivity contribution < 1.29 is 9.53 Å². The summed E-state index contributed by atoms with van der Waals surface area (Å²) < 4.78 is 6.70. The van der Waals surface area contributed by atoms with Gasteiger partial charge in [0.15, 0.2) is 0 Å². The fourth-order valence-corrected chi connectivity index (χ4v) is 2.54. The number of aromatic nitrogens is 1. The summed E-state index contributed by atoms with van der Waals surface area (Å²) in [4.78, 5) is 16.3. The van der Waals surface area contributed by atoms with Crippen LogP contribution < -0.4 is 10.1 Å². The molecular weight excluding hydrogens is 380 g/mol. The molecule has 0 saturated heterocycles. The lowest BCUT2D eigenvalue weighted by molar-refractivity contribution is -0.120. The van der Waals surface area contributed by atoms with Gasteiger partial charge >= 0.3 is 0 Å². The zero-order valence-corrected chi connectivity index (χ0v) is 15.1. The van der Waals surface area contributed by atoms with Crippen molar-refractivity contribution in [1.29, 1.82) is 0 Å². The third-order valence-electron chi connectivity index (χ3n) is 3.53. The maximum absolute atomic E-state index is 12.1. The number of pyridine rings is 1. The number of hydrogen-bond acceptors (Lipinski definition) is 3. The first kappa shape index (κ1) is 17.2. The van der Waals surface area contributed by atoms with E-state index >= 15 is 0 Å². The monoisotopic (exact) mass is 396 g/mol. The SMILES string of the molecule is O=C(Cc1ccc(Br)cc1)NCc1ccnc(Oc2ccccc2)c1. The predicted molar refractivity (Wildman–Crippen MR) is 100 cm³/mol. The lowest BCUT2D eigenvalue weighted by Gasteiger charge is -2.08. The van der Waals surface area contributed by atoms with Crippen molar-refractivity contribution in [3.05, 3.63) is 88.5 Å². The molecule has 1 amide bonds. The minimum Gasteiger partial charge on any atom is -0.439 e. The Morgan fingerprint density at radius 3 is 2.52 bits per heavy atom. The Kier molecular flexibility index (Phi) is 5.80. The van der Waals surface area contributed by atoms with E-state index in [9.17, 15) is 4.79 Å². The molecule has 0 spiro atoms. The van der Waals surface area contributed by atoms with Gasteiger partial charge in [-0.05, 0) is 41.5 Å². The molecule has 1 N–H and O–H groups in total. The largest absolute Gasteiger partial charge is 0.439 e. The molecule has 1 heterocycles. The Morgan fingerprint density at radius 2 is 1.76 bits per heavy atom. The molecule has 3 aromatic rings. The van der Waals surface area contributed by atoms with E-state index in [2.05, 4.69) is 26.2 Å². The Bertz CT molecular complexity index is 836. The van der Waals surface area contributed by atoms with Gasteiger partial charge < -0.3 is 10.1 Å². The van der Waals surface area contributed by atoms with Crippen molar-refractivity contribution in [2.75, 3.05) is 0 Å². The van der Waals surface area contributed by atoms with E-state index < -0.39 is 0 Å². The van der Waals surface area contributed by atoms with Crippen LogP contribution in [-0.4, -0.2) is 10.9 Å². The van der Waals surface area contributed by atoms with Crippen LogP contribution in [0.1, 0.15) is 11.1 Å². The van der Waals surface area contributed by atoms with Crippen molar-refractivity contribution >= 4 is 21.8 Å². The van der Waals surface area contributed by atoms with Crippen LogP contribution in [0.5, 0.6) is 11.6 Å². The smallest absolute Gasteiger partial charge is 0.224 e. The number of amides is 1. The standard InChI is InChI=1S/C20H17BrN2O2/c21-17-8-6-15(7-9-17)12-19(24)23-14-16-10-11-22-20(13-16)25-18-4-2-1-3-5-18/h1-11,13H,12,14H2,(H,23,24). The van der Waals surface area contributed by atoms with Gasteiger partial charge in [0.1, 0.15) is 5.75 Å². The van der Waals surface area contributed by atoms with E-state index in [1.807, 2.05) is 66.7 Å². The zero-order valence-electron chi connectivity index (χ0n) is 13.5. The van der Waals surface area contributed by atoms with E-state index in [1.54, 1.807) is 6.20 Å². The first-order valence-corrected chi connectivity index (χ1v) is 8.67. The van der Waals surface area contributed by atoms with Crippen LogP contribution in [0.4, 0.5) is 0 Å². The number of nitrogens with one attached hydrogen (secondary N) is 1. The van der Waals surface area contributed by atoms with Crippen LogP contribution in [0, 0.1) is 0 Å². The number of benzene rings is 2. The highest BCUT2D eigenvalue weighted by Crippen LogP contribution is 2.19. The predicted octanol–water partition coefficient (Wildman–Crippen LogP) is 4.50. The minimum atomic E-state index is -0.0235. The quantitative estimate of drug-likeness (QED) is 0.667. The maximum Gasteiger partial charge on any atom is 0.224 e. The lowest BCUT2D eigenvalue weighted by Crippen LogP contribution is -2.24. The van der Waals surface area contributed by atoms with Gasteiger partial charge in [0.05, 0.1) is 6.42 Å². The van der Waals surface area contributed by atoms with Crippen LogP contribution in [0.15, 0.2) is 77.4 Å². The lowest BCUT2D eigenvalue weighted by atomic mass is 10.1. The number of nitrogens with zero attached hydrogens (tertiary/aromatic N) is 1. The highest BCUT2D eigenvalue weighted by atomic mass is 79.9. The number of carbonyl (C=O) groups excluding carboxylic acids is 1. The van der Waals surface area contributed by atoms with Crippen molar-refractivity contribution in [1.82, 2.24) is 10.3 Å². The van der Waals surface area contributed by atoms with Gasteiger partial charge in [0, 0.05) is 23.3 Å². The summed E-state index contributed by atoms with van der Waals surface area (Å²) in [6.45, 7) is 0.434. The van der Waals surface area contributed by atoms with Gasteiger partial charge in [-0.3, -0.25) is 4.79 Å². The summed E-state index contributed by atoms with van der Waals surface area (Å²) in [6.07, 6.45) is 2.03. The van der Waals surface area contributed by atoms with E-state index in [0.717, 1.165) is 21.3 Å². The molecule has 126 valence electrons. The number of para-hydroxylation sites is 1. The molecule has 0 aliphatic rings. The van der Waals surface area contributed by atoms with Crippen LogP contribution in [0.25, 0.3) is 0 Å². The van der Waals surface area contributed by atoms with Crippen molar-refractivity contribution in [2.45, 2.75) is 13.0 Å².